The molecule has 1 aromatic rings. The molecule has 0 bridgehead atoms. The maximum Gasteiger partial charge on any atom is 0.0366 e. The van der Waals surface area contributed by atoms with Crippen molar-refractivity contribution in [3.8, 4) is 0 Å². The summed E-state index contributed by atoms with van der Waals surface area (Å²) in [5, 5.41) is 0. The Hall–Kier alpha value is -1.02. The molecule has 2 N–H and O–H groups in total. The van der Waals surface area contributed by atoms with Crippen molar-refractivity contribution in [1.82, 2.24) is 0 Å². The molecule has 17 heavy (non-hydrogen) atoms. The van der Waals surface area contributed by atoms with E-state index >= 15 is 0 Å². The molecule has 0 aliphatic rings. The van der Waals surface area contributed by atoms with E-state index in [4.69, 9.17) is 5.73 Å². The highest BCUT2D eigenvalue weighted by Crippen LogP contribution is 2.17. The van der Waals surface area contributed by atoms with Crippen molar-refractivity contribution in [2.24, 2.45) is 11.7 Å². The fourth-order valence-electron chi connectivity index (χ4n) is 2.11. The largest absolute Gasteiger partial charge is 0.372 e. The van der Waals surface area contributed by atoms with E-state index in [0.29, 0.717) is 5.92 Å². The summed E-state index contributed by atoms with van der Waals surface area (Å²) in [6, 6.07) is 8.80. The summed E-state index contributed by atoms with van der Waals surface area (Å²) in [6.07, 6.45) is 2.35. The van der Waals surface area contributed by atoms with Crippen LogP contribution >= 0.6 is 0 Å². The maximum atomic E-state index is 5.55. The quantitative estimate of drug-likeness (QED) is 0.785. The zero-order valence-corrected chi connectivity index (χ0v) is 11.4. The summed E-state index contributed by atoms with van der Waals surface area (Å²) < 4.78 is 0. The van der Waals surface area contributed by atoms with Crippen molar-refractivity contribution in [3.05, 3.63) is 29.8 Å². The van der Waals surface area contributed by atoms with Gasteiger partial charge < -0.3 is 10.6 Å². The first-order valence-electron chi connectivity index (χ1n) is 6.69. The first kappa shape index (κ1) is 14.0. The third kappa shape index (κ3) is 4.78. The molecule has 1 aromatic carbocycles. The average Bonchev–Trinajstić information content (AvgIpc) is 2.34. The van der Waals surface area contributed by atoms with Crippen LogP contribution in [0.25, 0.3) is 0 Å². The molecule has 1 rings (SSSR count). The van der Waals surface area contributed by atoms with Crippen LogP contribution in [0.15, 0.2) is 24.3 Å². The number of anilines is 1. The summed E-state index contributed by atoms with van der Waals surface area (Å²) in [6.45, 7) is 9.66. The first-order valence-corrected chi connectivity index (χ1v) is 6.69. The lowest BCUT2D eigenvalue weighted by Crippen LogP contribution is -2.28. The lowest BCUT2D eigenvalue weighted by molar-refractivity contribution is 0.506. The molecular weight excluding hydrogens is 208 g/mol. The van der Waals surface area contributed by atoms with Crippen LogP contribution in [0.1, 0.15) is 32.3 Å². The summed E-state index contributed by atoms with van der Waals surface area (Å²) in [7, 11) is 0. The number of hydrogen-bond acceptors (Lipinski definition) is 2. The van der Waals surface area contributed by atoms with Gasteiger partial charge in [0, 0.05) is 18.8 Å². The van der Waals surface area contributed by atoms with Crippen LogP contribution < -0.4 is 10.6 Å². The molecule has 0 aliphatic heterocycles. The van der Waals surface area contributed by atoms with Gasteiger partial charge >= 0.3 is 0 Å². The van der Waals surface area contributed by atoms with Crippen molar-refractivity contribution >= 4 is 5.69 Å². The third-order valence-corrected chi connectivity index (χ3v) is 3.21. The number of aryl methyl sites for hydroxylation is 1. The van der Waals surface area contributed by atoms with Crippen LogP contribution in [0.5, 0.6) is 0 Å². The summed E-state index contributed by atoms with van der Waals surface area (Å²) >= 11 is 0. The van der Waals surface area contributed by atoms with Gasteiger partial charge in [-0.25, -0.2) is 0 Å². The smallest absolute Gasteiger partial charge is 0.0366 e. The van der Waals surface area contributed by atoms with Crippen molar-refractivity contribution in [3.63, 3.8) is 0 Å². The van der Waals surface area contributed by atoms with Gasteiger partial charge in [-0.15, -0.1) is 0 Å². The monoisotopic (exact) mass is 234 g/mol. The maximum absolute atomic E-state index is 5.55. The molecule has 2 nitrogen and oxygen atoms in total. The van der Waals surface area contributed by atoms with E-state index in [1.165, 1.54) is 17.7 Å². The molecule has 1 unspecified atom stereocenters. The van der Waals surface area contributed by atoms with Crippen molar-refractivity contribution in [2.45, 2.75) is 33.6 Å². The fraction of sp³-hybridized carbons (Fsp3) is 0.600. The second-order valence-corrected chi connectivity index (χ2v) is 4.91. The number of rotatable bonds is 7. The summed E-state index contributed by atoms with van der Waals surface area (Å²) in [5.41, 5.74) is 8.21. The fourth-order valence-corrected chi connectivity index (χ4v) is 2.11. The average molecular weight is 234 g/mol. The lowest BCUT2D eigenvalue weighted by atomic mass is 10.0. The summed E-state index contributed by atoms with van der Waals surface area (Å²) in [5.74, 6) is 0.708. The van der Waals surface area contributed by atoms with Crippen molar-refractivity contribution in [1.29, 1.82) is 0 Å². The lowest BCUT2D eigenvalue weighted by Gasteiger charge is -2.26. The van der Waals surface area contributed by atoms with E-state index < -0.39 is 0 Å². The molecule has 0 aromatic heterocycles. The van der Waals surface area contributed by atoms with Gasteiger partial charge in [-0.2, -0.15) is 0 Å². The number of nitrogens with zero attached hydrogens (tertiary/aromatic N) is 1. The predicted octanol–water partition coefficient (Wildman–Crippen LogP) is 3.20. The van der Waals surface area contributed by atoms with Gasteiger partial charge in [0.05, 0.1) is 0 Å². The second kappa shape index (κ2) is 7.33. The minimum absolute atomic E-state index is 0.708. The van der Waals surface area contributed by atoms with E-state index in [2.05, 4.69) is 49.9 Å². The van der Waals surface area contributed by atoms with E-state index in [-0.39, 0.29) is 0 Å². The predicted molar refractivity (Wildman–Crippen MR) is 76.5 cm³/mol. The molecule has 0 spiro atoms. The van der Waals surface area contributed by atoms with Gasteiger partial charge in [0.2, 0.25) is 0 Å². The first-order chi connectivity index (χ1) is 8.17. The number of benzene rings is 1. The minimum Gasteiger partial charge on any atom is -0.372 e. The van der Waals surface area contributed by atoms with Crippen molar-refractivity contribution < 1.29 is 0 Å². The molecule has 0 radical (unpaired) electrons. The number of nitrogens with two attached hydrogens (primary N) is 1. The Morgan fingerprint density at radius 2 is 1.88 bits per heavy atom. The Morgan fingerprint density at radius 1 is 1.24 bits per heavy atom. The third-order valence-electron chi connectivity index (χ3n) is 3.21. The van der Waals surface area contributed by atoms with Crippen LogP contribution in [0, 0.1) is 12.8 Å². The van der Waals surface area contributed by atoms with Gasteiger partial charge in [-0.1, -0.05) is 24.6 Å². The molecule has 2 heteroatoms. The Labute approximate surface area is 106 Å². The SMILES string of the molecule is CCN(CC(C)CCCN)c1ccc(C)cc1. The Balaban J connectivity index is 2.56. The minimum atomic E-state index is 0.708. The topological polar surface area (TPSA) is 29.3 Å². The van der Waals surface area contributed by atoms with Crippen LogP contribution in [0.2, 0.25) is 0 Å². The van der Waals surface area contributed by atoms with Gasteiger partial charge in [-0.3, -0.25) is 0 Å². The molecule has 1 atom stereocenters. The van der Waals surface area contributed by atoms with E-state index in [9.17, 15) is 0 Å². The molecular formula is C15H26N2. The van der Waals surface area contributed by atoms with E-state index in [1.54, 1.807) is 0 Å². The second-order valence-electron chi connectivity index (χ2n) is 4.91. The molecule has 0 heterocycles. The number of hydrogen-bond donors (Lipinski definition) is 1. The Kier molecular flexibility index (Phi) is 6.06. The Bertz CT molecular complexity index is 305. The molecule has 0 aliphatic carbocycles. The highest BCUT2D eigenvalue weighted by molar-refractivity contribution is 5.47. The van der Waals surface area contributed by atoms with Crippen LogP contribution in [0.4, 0.5) is 5.69 Å². The van der Waals surface area contributed by atoms with Crippen LogP contribution in [-0.4, -0.2) is 19.6 Å². The molecule has 0 fully saturated rings. The molecule has 0 saturated carbocycles. The molecule has 0 saturated heterocycles. The highest BCUT2D eigenvalue weighted by atomic mass is 15.1. The van der Waals surface area contributed by atoms with Crippen LogP contribution in [0.3, 0.4) is 0 Å². The normalized spacial score (nSPS) is 12.5. The molecule has 0 amide bonds. The van der Waals surface area contributed by atoms with E-state index in [1.807, 2.05) is 0 Å². The van der Waals surface area contributed by atoms with Gasteiger partial charge in [-0.05, 0) is 51.3 Å². The van der Waals surface area contributed by atoms with E-state index in [0.717, 1.165) is 26.1 Å². The zero-order valence-electron chi connectivity index (χ0n) is 11.4. The molecule has 96 valence electrons. The van der Waals surface area contributed by atoms with Crippen molar-refractivity contribution in [2.75, 3.05) is 24.5 Å². The highest BCUT2D eigenvalue weighted by Gasteiger charge is 2.09. The summed E-state index contributed by atoms with van der Waals surface area (Å²) in [4.78, 5) is 2.45. The van der Waals surface area contributed by atoms with Gasteiger partial charge in [0.25, 0.3) is 0 Å². The standard InChI is InChI=1S/C15H26N2/c1-4-17(12-14(3)6-5-11-16)15-9-7-13(2)8-10-15/h7-10,14H,4-6,11-12,16H2,1-3H3. The Morgan fingerprint density at radius 3 is 2.41 bits per heavy atom. The van der Waals surface area contributed by atoms with Crippen LogP contribution in [-0.2, 0) is 0 Å². The zero-order chi connectivity index (χ0) is 12.7. The van der Waals surface area contributed by atoms with Gasteiger partial charge in [0.1, 0.15) is 0 Å². The van der Waals surface area contributed by atoms with Gasteiger partial charge in [0.15, 0.2) is 0 Å².